The van der Waals surface area contributed by atoms with Crippen molar-refractivity contribution < 1.29 is 9.90 Å². The lowest BCUT2D eigenvalue weighted by Crippen LogP contribution is -2.39. The molecule has 0 aromatic heterocycles. The average molecular weight is 392 g/mol. The summed E-state index contributed by atoms with van der Waals surface area (Å²) in [5.41, 5.74) is 1.05. The molecule has 0 fully saturated rings. The van der Waals surface area contributed by atoms with E-state index < -0.39 is 12.0 Å². The molecule has 28 heavy (non-hydrogen) atoms. The van der Waals surface area contributed by atoms with Gasteiger partial charge in [-0.25, -0.2) is 4.79 Å². The van der Waals surface area contributed by atoms with Crippen molar-refractivity contribution in [3.8, 4) is 0 Å². The minimum Gasteiger partial charge on any atom is -0.479 e. The molecule has 1 rings (SSSR count). The summed E-state index contributed by atoms with van der Waals surface area (Å²) in [6, 6.07) is -0.494. The highest BCUT2D eigenvalue weighted by Gasteiger charge is 2.29. The van der Waals surface area contributed by atoms with E-state index in [1.54, 1.807) is 4.90 Å². The van der Waals surface area contributed by atoms with Gasteiger partial charge in [-0.1, -0.05) is 110 Å². The number of carboxylic acids is 1. The number of hydrogen-bond acceptors (Lipinski definition) is 2. The molecule has 0 radical (unpaired) electrons. The molecular formula is C25H45NO2. The summed E-state index contributed by atoms with van der Waals surface area (Å²) < 4.78 is 0. The van der Waals surface area contributed by atoms with Crippen LogP contribution in [0.3, 0.4) is 0 Å². The molecule has 0 saturated carbocycles. The molecule has 0 aromatic rings. The summed E-state index contributed by atoms with van der Waals surface area (Å²) in [6.45, 7) is 4.46. The highest BCUT2D eigenvalue weighted by molar-refractivity contribution is 5.78. The fourth-order valence-corrected chi connectivity index (χ4v) is 4.26. The van der Waals surface area contributed by atoms with Gasteiger partial charge in [0, 0.05) is 7.05 Å². The van der Waals surface area contributed by atoms with Crippen LogP contribution in [0.2, 0.25) is 0 Å². The van der Waals surface area contributed by atoms with Crippen LogP contribution in [0, 0.1) is 5.92 Å². The highest BCUT2D eigenvalue weighted by Crippen LogP contribution is 2.27. The average Bonchev–Trinajstić information content (AvgIpc) is 2.67. The van der Waals surface area contributed by atoms with Crippen LogP contribution in [0.1, 0.15) is 110 Å². The number of allylic oxidation sites excluding steroid dienone is 2. The van der Waals surface area contributed by atoms with E-state index in [9.17, 15) is 9.90 Å². The zero-order valence-corrected chi connectivity index (χ0v) is 18.8. The highest BCUT2D eigenvalue weighted by atomic mass is 16.4. The second kappa shape index (κ2) is 15.6. The maximum absolute atomic E-state index is 11.6. The van der Waals surface area contributed by atoms with Gasteiger partial charge in [-0.3, -0.25) is 0 Å². The third kappa shape index (κ3) is 10.3. The minimum atomic E-state index is -0.745. The van der Waals surface area contributed by atoms with Crippen LogP contribution in [0.25, 0.3) is 0 Å². The van der Waals surface area contributed by atoms with Gasteiger partial charge in [0.1, 0.15) is 6.04 Å². The molecule has 0 aliphatic carbocycles. The molecule has 0 aromatic carbocycles. The quantitative estimate of drug-likeness (QED) is 0.264. The molecule has 1 aliphatic heterocycles. The van der Waals surface area contributed by atoms with Gasteiger partial charge in [0.05, 0.1) is 0 Å². The number of aliphatic carboxylic acids is 1. The summed E-state index contributed by atoms with van der Waals surface area (Å²) in [6.07, 6.45) is 26.2. The number of rotatable bonds is 17. The van der Waals surface area contributed by atoms with Crippen LogP contribution < -0.4 is 0 Å². The molecule has 2 atom stereocenters. The van der Waals surface area contributed by atoms with E-state index >= 15 is 0 Å². The first-order chi connectivity index (χ1) is 13.6. The van der Waals surface area contributed by atoms with E-state index in [1.807, 2.05) is 25.4 Å². The van der Waals surface area contributed by atoms with E-state index in [0.29, 0.717) is 5.92 Å². The third-order valence-electron chi connectivity index (χ3n) is 6.13. The van der Waals surface area contributed by atoms with Crippen molar-refractivity contribution in [1.29, 1.82) is 0 Å². The molecule has 1 N–H and O–H groups in total. The smallest absolute Gasteiger partial charge is 0.330 e. The fourth-order valence-electron chi connectivity index (χ4n) is 4.26. The molecule has 3 heteroatoms. The number of carboxylic acid groups (broad SMARTS) is 1. The van der Waals surface area contributed by atoms with Crippen LogP contribution in [-0.2, 0) is 4.79 Å². The molecule has 1 heterocycles. The predicted octanol–water partition coefficient (Wildman–Crippen LogP) is 7.33. The Balaban J connectivity index is 1.99. The minimum absolute atomic E-state index is 0.339. The molecule has 0 amide bonds. The summed E-state index contributed by atoms with van der Waals surface area (Å²) in [5, 5.41) is 9.51. The number of likely N-dealkylation sites (N-methyl/N-ethyl adjacent to an activating group) is 1. The van der Waals surface area contributed by atoms with Gasteiger partial charge in [0.25, 0.3) is 0 Å². The lowest BCUT2D eigenvalue weighted by molar-refractivity contribution is -0.140. The zero-order valence-electron chi connectivity index (χ0n) is 18.8. The molecule has 162 valence electrons. The van der Waals surface area contributed by atoms with E-state index in [4.69, 9.17) is 0 Å². The Morgan fingerprint density at radius 1 is 0.929 bits per heavy atom. The van der Waals surface area contributed by atoms with E-state index in [0.717, 1.165) is 12.0 Å². The van der Waals surface area contributed by atoms with Gasteiger partial charge in [0.15, 0.2) is 0 Å². The maximum atomic E-state index is 11.6. The lowest BCUT2D eigenvalue weighted by atomic mass is 9.87. The van der Waals surface area contributed by atoms with Crippen molar-refractivity contribution in [3.63, 3.8) is 0 Å². The van der Waals surface area contributed by atoms with Gasteiger partial charge in [-0.15, -0.1) is 0 Å². The van der Waals surface area contributed by atoms with Crippen LogP contribution in [0.4, 0.5) is 0 Å². The Bertz CT molecular complexity index is 469. The fraction of sp³-hybridized carbons (Fsp3) is 0.800. The molecule has 0 saturated heterocycles. The Labute approximate surface area is 174 Å². The van der Waals surface area contributed by atoms with E-state index in [1.165, 1.54) is 89.9 Å². The van der Waals surface area contributed by atoms with Crippen molar-refractivity contribution >= 4 is 5.97 Å². The largest absolute Gasteiger partial charge is 0.479 e. The van der Waals surface area contributed by atoms with E-state index in [2.05, 4.69) is 13.8 Å². The zero-order chi connectivity index (χ0) is 20.6. The van der Waals surface area contributed by atoms with Gasteiger partial charge < -0.3 is 10.0 Å². The monoisotopic (exact) mass is 391 g/mol. The Morgan fingerprint density at radius 2 is 1.39 bits per heavy atom. The number of nitrogens with zero attached hydrogens (tertiary/aromatic N) is 1. The van der Waals surface area contributed by atoms with E-state index in [-0.39, 0.29) is 0 Å². The standard InChI is InChI=1S/C25H45NO2/c1-4-5-6-7-8-9-10-11-12-13-14-15-16-17-19-22(2)23-20-18-21-26(3)24(23)25(27)28/h18,20-22,24H,4-17,19H2,1-3H3,(H,27,28). The maximum Gasteiger partial charge on any atom is 0.330 e. The molecule has 0 spiro atoms. The number of unbranched alkanes of at least 4 members (excludes halogenated alkanes) is 13. The normalized spacial score (nSPS) is 17.6. The summed E-state index contributed by atoms with van der Waals surface area (Å²) in [5.74, 6) is -0.406. The predicted molar refractivity (Wildman–Crippen MR) is 121 cm³/mol. The van der Waals surface area contributed by atoms with Gasteiger partial charge >= 0.3 is 5.97 Å². The van der Waals surface area contributed by atoms with Gasteiger partial charge in [-0.05, 0) is 30.2 Å². The van der Waals surface area contributed by atoms with Crippen molar-refractivity contribution in [2.45, 2.75) is 116 Å². The SMILES string of the molecule is CCCCCCCCCCCCCCCCC(C)C1=CC=CN(C)C1C(=O)O. The van der Waals surface area contributed by atoms with Crippen molar-refractivity contribution in [1.82, 2.24) is 4.90 Å². The summed E-state index contributed by atoms with van der Waals surface area (Å²) in [7, 11) is 1.85. The summed E-state index contributed by atoms with van der Waals surface area (Å²) in [4.78, 5) is 13.4. The lowest BCUT2D eigenvalue weighted by Gasteiger charge is -2.31. The van der Waals surface area contributed by atoms with Gasteiger partial charge in [0.2, 0.25) is 0 Å². The van der Waals surface area contributed by atoms with Crippen LogP contribution >= 0.6 is 0 Å². The van der Waals surface area contributed by atoms with Crippen LogP contribution in [0.15, 0.2) is 23.9 Å². The van der Waals surface area contributed by atoms with Crippen LogP contribution in [0.5, 0.6) is 0 Å². The Hall–Kier alpha value is -1.25. The van der Waals surface area contributed by atoms with Crippen LogP contribution in [-0.4, -0.2) is 29.1 Å². The second-order valence-corrected chi connectivity index (χ2v) is 8.70. The van der Waals surface area contributed by atoms with Crippen molar-refractivity contribution in [2.75, 3.05) is 7.05 Å². The Morgan fingerprint density at radius 3 is 1.86 bits per heavy atom. The van der Waals surface area contributed by atoms with Gasteiger partial charge in [-0.2, -0.15) is 0 Å². The third-order valence-corrected chi connectivity index (χ3v) is 6.13. The topological polar surface area (TPSA) is 40.5 Å². The first kappa shape index (κ1) is 24.8. The Kier molecular flexibility index (Phi) is 13.9. The molecule has 0 bridgehead atoms. The molecule has 2 unspecified atom stereocenters. The molecule has 1 aliphatic rings. The number of carbonyl (C=O) groups is 1. The van der Waals surface area contributed by atoms with Crippen molar-refractivity contribution in [2.24, 2.45) is 5.92 Å². The second-order valence-electron chi connectivity index (χ2n) is 8.70. The first-order valence-electron chi connectivity index (χ1n) is 11.9. The van der Waals surface area contributed by atoms with Crippen molar-refractivity contribution in [3.05, 3.63) is 23.9 Å². The number of hydrogen-bond donors (Lipinski definition) is 1. The molecular weight excluding hydrogens is 346 g/mol. The first-order valence-corrected chi connectivity index (χ1v) is 11.9. The molecule has 3 nitrogen and oxygen atoms in total. The summed E-state index contributed by atoms with van der Waals surface area (Å²) >= 11 is 0.